The summed E-state index contributed by atoms with van der Waals surface area (Å²) in [4.78, 5) is 1.50. The molecule has 2 aromatic carbocycles. The molecule has 0 amide bonds. The van der Waals surface area contributed by atoms with Crippen molar-refractivity contribution in [3.8, 4) is 0 Å². The van der Waals surface area contributed by atoms with E-state index < -0.39 is 9.84 Å². The molecule has 0 heterocycles. The van der Waals surface area contributed by atoms with Crippen molar-refractivity contribution >= 4 is 21.6 Å². The largest absolute Gasteiger partial charge is 0.324 e. The third kappa shape index (κ3) is 4.06. The molecule has 0 fully saturated rings. The molecule has 0 spiro atoms. The summed E-state index contributed by atoms with van der Waals surface area (Å²) in [5.74, 6) is -0.331. The van der Waals surface area contributed by atoms with Crippen molar-refractivity contribution in [2.24, 2.45) is 5.73 Å². The van der Waals surface area contributed by atoms with E-state index >= 15 is 0 Å². The molecule has 0 saturated carbocycles. The van der Waals surface area contributed by atoms with E-state index in [0.29, 0.717) is 4.90 Å². The number of sulfone groups is 1. The second-order valence-electron chi connectivity index (χ2n) is 4.82. The standard InChI is InChI=1S/C15H16FNO2S2/c1-10(17)11-3-8-15(14(16)9-11)20-12-4-6-13(7-5-12)21(2,18)19/h3-10H,17H2,1-2H3/t10-/m1/s1. The molecule has 2 rings (SSSR count). The highest BCUT2D eigenvalue weighted by atomic mass is 32.2. The number of hydrogen-bond donors (Lipinski definition) is 1. The second kappa shape index (κ2) is 6.17. The van der Waals surface area contributed by atoms with Crippen molar-refractivity contribution in [3.63, 3.8) is 0 Å². The molecule has 3 nitrogen and oxygen atoms in total. The maximum Gasteiger partial charge on any atom is 0.175 e. The van der Waals surface area contributed by atoms with E-state index in [1.807, 2.05) is 0 Å². The molecule has 0 unspecified atom stereocenters. The lowest BCUT2D eigenvalue weighted by Gasteiger charge is -2.09. The minimum Gasteiger partial charge on any atom is -0.324 e. The smallest absolute Gasteiger partial charge is 0.175 e. The third-order valence-electron chi connectivity index (χ3n) is 2.96. The molecular weight excluding hydrogens is 309 g/mol. The van der Waals surface area contributed by atoms with Crippen LogP contribution in [-0.2, 0) is 9.84 Å². The zero-order chi connectivity index (χ0) is 15.6. The molecule has 1 atom stereocenters. The van der Waals surface area contributed by atoms with Crippen LogP contribution >= 0.6 is 11.8 Å². The average Bonchev–Trinajstić information content (AvgIpc) is 2.40. The average molecular weight is 325 g/mol. The Labute approximate surface area is 128 Å². The Kier molecular flexibility index (Phi) is 4.70. The maximum atomic E-state index is 14.0. The van der Waals surface area contributed by atoms with Crippen LogP contribution in [0.5, 0.6) is 0 Å². The lowest BCUT2D eigenvalue weighted by atomic mass is 10.1. The van der Waals surface area contributed by atoms with Gasteiger partial charge in [0.1, 0.15) is 5.82 Å². The predicted molar refractivity (Wildman–Crippen MR) is 82.7 cm³/mol. The Morgan fingerprint density at radius 2 is 1.76 bits per heavy atom. The third-order valence-corrected chi connectivity index (χ3v) is 5.15. The van der Waals surface area contributed by atoms with Crippen molar-refractivity contribution in [2.75, 3.05) is 6.26 Å². The molecule has 0 aromatic heterocycles. The molecule has 0 aliphatic heterocycles. The Balaban J connectivity index is 2.22. The molecular formula is C15H16FNO2S2. The number of halogens is 1. The first-order valence-electron chi connectivity index (χ1n) is 6.30. The van der Waals surface area contributed by atoms with Crippen LogP contribution in [0.2, 0.25) is 0 Å². The highest BCUT2D eigenvalue weighted by molar-refractivity contribution is 7.99. The molecule has 0 bridgehead atoms. The minimum atomic E-state index is -3.21. The van der Waals surface area contributed by atoms with Crippen LogP contribution in [0.25, 0.3) is 0 Å². The molecule has 0 saturated heterocycles. The van der Waals surface area contributed by atoms with Gasteiger partial charge < -0.3 is 5.73 Å². The van der Waals surface area contributed by atoms with Gasteiger partial charge >= 0.3 is 0 Å². The molecule has 0 aliphatic carbocycles. The molecule has 2 aromatic rings. The molecule has 0 aliphatic rings. The van der Waals surface area contributed by atoms with E-state index in [9.17, 15) is 12.8 Å². The highest BCUT2D eigenvalue weighted by Gasteiger charge is 2.10. The van der Waals surface area contributed by atoms with Gasteiger partial charge in [0.05, 0.1) is 4.90 Å². The number of nitrogens with two attached hydrogens (primary N) is 1. The van der Waals surface area contributed by atoms with E-state index in [4.69, 9.17) is 5.73 Å². The number of hydrogen-bond acceptors (Lipinski definition) is 4. The monoisotopic (exact) mass is 325 g/mol. The van der Waals surface area contributed by atoms with Gasteiger partial charge in [-0.2, -0.15) is 0 Å². The van der Waals surface area contributed by atoms with Gasteiger partial charge in [-0.1, -0.05) is 17.8 Å². The Morgan fingerprint density at radius 1 is 1.14 bits per heavy atom. The van der Waals surface area contributed by atoms with Crippen LogP contribution in [0, 0.1) is 5.82 Å². The summed E-state index contributed by atoms with van der Waals surface area (Å²) in [5.41, 5.74) is 6.45. The van der Waals surface area contributed by atoms with E-state index in [1.54, 1.807) is 31.2 Å². The summed E-state index contributed by atoms with van der Waals surface area (Å²) >= 11 is 1.24. The molecule has 6 heteroatoms. The van der Waals surface area contributed by atoms with Gasteiger partial charge in [-0.15, -0.1) is 0 Å². The van der Waals surface area contributed by atoms with Gasteiger partial charge in [0.25, 0.3) is 0 Å². The van der Waals surface area contributed by atoms with Crippen LogP contribution in [0.4, 0.5) is 4.39 Å². The lowest BCUT2D eigenvalue weighted by molar-refractivity contribution is 0.596. The highest BCUT2D eigenvalue weighted by Crippen LogP contribution is 2.31. The molecule has 112 valence electrons. The van der Waals surface area contributed by atoms with Crippen LogP contribution in [0.3, 0.4) is 0 Å². The zero-order valence-corrected chi connectivity index (χ0v) is 13.3. The normalized spacial score (nSPS) is 13.1. The first-order valence-corrected chi connectivity index (χ1v) is 9.01. The summed E-state index contributed by atoms with van der Waals surface area (Å²) in [7, 11) is -3.21. The quantitative estimate of drug-likeness (QED) is 0.936. The summed E-state index contributed by atoms with van der Waals surface area (Å²) in [6.07, 6.45) is 1.15. The van der Waals surface area contributed by atoms with E-state index in [0.717, 1.165) is 16.7 Å². The van der Waals surface area contributed by atoms with Crippen molar-refractivity contribution in [2.45, 2.75) is 27.7 Å². The summed E-state index contributed by atoms with van der Waals surface area (Å²) in [6.45, 7) is 1.80. The first kappa shape index (κ1) is 16.0. The van der Waals surface area contributed by atoms with Crippen molar-refractivity contribution in [3.05, 3.63) is 53.8 Å². The van der Waals surface area contributed by atoms with Crippen molar-refractivity contribution in [1.29, 1.82) is 0 Å². The van der Waals surface area contributed by atoms with Gasteiger partial charge in [0.2, 0.25) is 0 Å². The SMILES string of the molecule is C[C@@H](N)c1ccc(Sc2ccc(S(C)(=O)=O)cc2)c(F)c1. The topological polar surface area (TPSA) is 60.2 Å². The van der Waals surface area contributed by atoms with Gasteiger partial charge in [0.15, 0.2) is 9.84 Å². The summed E-state index contributed by atoms with van der Waals surface area (Å²) < 4.78 is 36.8. The number of rotatable bonds is 4. The fourth-order valence-corrected chi connectivity index (χ4v) is 3.21. The zero-order valence-electron chi connectivity index (χ0n) is 11.7. The predicted octanol–water partition coefficient (Wildman–Crippen LogP) is 3.40. The molecule has 2 N–H and O–H groups in total. The van der Waals surface area contributed by atoms with Gasteiger partial charge in [-0.05, 0) is 48.9 Å². The van der Waals surface area contributed by atoms with Gasteiger partial charge in [-0.25, -0.2) is 12.8 Å². The lowest BCUT2D eigenvalue weighted by Crippen LogP contribution is -2.05. The fourth-order valence-electron chi connectivity index (χ4n) is 1.76. The Bertz CT molecular complexity index is 741. The van der Waals surface area contributed by atoms with Crippen molar-refractivity contribution in [1.82, 2.24) is 0 Å². The molecule has 0 radical (unpaired) electrons. The minimum absolute atomic E-state index is 0.215. The Morgan fingerprint density at radius 3 is 2.24 bits per heavy atom. The Hall–Kier alpha value is -1.37. The molecule has 21 heavy (non-hydrogen) atoms. The van der Waals surface area contributed by atoms with Crippen LogP contribution in [0.15, 0.2) is 57.2 Å². The number of benzene rings is 2. The van der Waals surface area contributed by atoms with Crippen molar-refractivity contribution < 1.29 is 12.8 Å². The van der Waals surface area contributed by atoms with E-state index in [2.05, 4.69) is 0 Å². The van der Waals surface area contributed by atoms with Crippen LogP contribution < -0.4 is 5.73 Å². The maximum absolute atomic E-state index is 14.0. The summed E-state index contributed by atoms with van der Waals surface area (Å²) in [5, 5.41) is 0. The van der Waals surface area contributed by atoms with Gasteiger partial charge in [0, 0.05) is 22.1 Å². The summed E-state index contributed by atoms with van der Waals surface area (Å²) in [6, 6.07) is 11.1. The second-order valence-corrected chi connectivity index (χ2v) is 7.96. The fraction of sp³-hybridized carbons (Fsp3) is 0.200. The van der Waals surface area contributed by atoms with E-state index in [1.165, 1.54) is 30.0 Å². The first-order chi connectivity index (χ1) is 9.77. The van der Waals surface area contributed by atoms with Crippen LogP contribution in [-0.4, -0.2) is 14.7 Å². The van der Waals surface area contributed by atoms with E-state index in [-0.39, 0.29) is 16.8 Å². The van der Waals surface area contributed by atoms with Gasteiger partial charge in [-0.3, -0.25) is 0 Å². The van der Waals surface area contributed by atoms with Crippen LogP contribution in [0.1, 0.15) is 18.5 Å².